The Hall–Kier alpha value is -4.24. The first kappa shape index (κ1) is 33.0. The van der Waals surface area contributed by atoms with E-state index in [1.807, 2.05) is 51.2 Å². The van der Waals surface area contributed by atoms with E-state index in [1.165, 1.54) is 18.7 Å². The summed E-state index contributed by atoms with van der Waals surface area (Å²) in [5, 5.41) is 9.72. The van der Waals surface area contributed by atoms with Gasteiger partial charge in [0.1, 0.15) is 17.2 Å². The molecular weight excluding hydrogens is 518 g/mol. The number of nitrogens with one attached hydrogen (secondary N) is 1. The first-order valence-corrected chi connectivity index (χ1v) is 13.7. The molecule has 2 aromatic carbocycles. The predicted octanol–water partition coefficient (Wildman–Crippen LogP) is 6.46. The molecule has 0 saturated carbocycles. The number of phenolic OH excluding ortho intramolecular Hbond substituents is 1. The number of aryl methyl sites for hydroxylation is 1. The molecular formula is C32H43N5O4. The molecule has 41 heavy (non-hydrogen) atoms. The van der Waals surface area contributed by atoms with Gasteiger partial charge in [-0.25, -0.2) is 14.8 Å². The summed E-state index contributed by atoms with van der Waals surface area (Å²) in [5.41, 5.74) is 8.62. The Balaban J connectivity index is 0.000000561. The van der Waals surface area contributed by atoms with Crippen LogP contribution in [0, 0.1) is 6.92 Å². The number of H-pyrrole nitrogens is 1. The molecule has 4 aromatic rings. The van der Waals surface area contributed by atoms with Gasteiger partial charge in [-0.3, -0.25) is 4.79 Å². The molecule has 4 rings (SSSR count). The second-order valence-corrected chi connectivity index (χ2v) is 10.6. The predicted molar refractivity (Wildman–Crippen MR) is 164 cm³/mol. The molecule has 0 saturated heterocycles. The van der Waals surface area contributed by atoms with Gasteiger partial charge in [0.15, 0.2) is 11.9 Å². The number of aromatic amines is 1. The molecule has 0 aliphatic carbocycles. The Kier molecular flexibility index (Phi) is 12.5. The van der Waals surface area contributed by atoms with Gasteiger partial charge in [0, 0.05) is 25.4 Å². The zero-order chi connectivity index (χ0) is 30.6. The van der Waals surface area contributed by atoms with E-state index >= 15 is 0 Å². The highest BCUT2D eigenvalue weighted by Gasteiger charge is 2.21. The van der Waals surface area contributed by atoms with Crippen LogP contribution in [0.4, 0.5) is 4.79 Å². The molecule has 220 valence electrons. The number of ether oxygens (including phenoxy) is 1. The fourth-order valence-corrected chi connectivity index (χ4v) is 3.99. The van der Waals surface area contributed by atoms with Gasteiger partial charge >= 0.3 is 6.09 Å². The topological polar surface area (TPSA) is 134 Å². The van der Waals surface area contributed by atoms with Gasteiger partial charge in [-0.2, -0.15) is 0 Å². The van der Waals surface area contributed by atoms with Crippen molar-refractivity contribution in [1.29, 1.82) is 0 Å². The van der Waals surface area contributed by atoms with Crippen molar-refractivity contribution >= 4 is 23.5 Å². The molecule has 0 bridgehead atoms. The summed E-state index contributed by atoms with van der Waals surface area (Å²) in [6.07, 6.45) is 3.78. The number of hydrogen-bond donors (Lipinski definition) is 3. The van der Waals surface area contributed by atoms with Crippen molar-refractivity contribution in [3.8, 4) is 17.1 Å². The van der Waals surface area contributed by atoms with Crippen LogP contribution >= 0.6 is 0 Å². The smallest absolute Gasteiger partial charge is 0.410 e. The summed E-state index contributed by atoms with van der Waals surface area (Å²) >= 11 is 0. The highest BCUT2D eigenvalue weighted by Crippen LogP contribution is 2.28. The summed E-state index contributed by atoms with van der Waals surface area (Å²) in [6.45, 7) is 10.3. The lowest BCUT2D eigenvalue weighted by atomic mass is 9.94. The standard InChI is InChI=1S/C24H30N4O4.C7H8.CH5N/c1-6-15(9-10-28(5)23(31)32-24(2,3)4)17-12-19-22(25-13-17)27-21(26-19)16-7-8-20(30)18(11-16)14-29;1-7-5-3-2-4-6-7;1-2/h7-8,11-15,30H,6,9-10H2,1-5H3,(H,25,26,27);2-6H,1H3;2H2,1H3. The fourth-order valence-electron chi connectivity index (χ4n) is 3.99. The van der Waals surface area contributed by atoms with E-state index in [9.17, 15) is 14.7 Å². The number of fused-ring (bicyclic) bond motifs is 1. The van der Waals surface area contributed by atoms with Gasteiger partial charge in [-0.05, 0) is 83.3 Å². The van der Waals surface area contributed by atoms with E-state index in [2.05, 4.69) is 46.7 Å². The van der Waals surface area contributed by atoms with Gasteiger partial charge in [0.25, 0.3) is 0 Å². The summed E-state index contributed by atoms with van der Waals surface area (Å²) < 4.78 is 5.42. The third-order valence-corrected chi connectivity index (χ3v) is 6.21. The molecule has 1 unspecified atom stereocenters. The Bertz CT molecular complexity index is 1400. The summed E-state index contributed by atoms with van der Waals surface area (Å²) in [6, 6.07) is 17.0. The lowest BCUT2D eigenvalue weighted by molar-refractivity contribution is 0.0294. The molecule has 9 heteroatoms. The number of benzene rings is 2. The van der Waals surface area contributed by atoms with Crippen molar-refractivity contribution in [3.05, 3.63) is 77.5 Å². The molecule has 0 aliphatic rings. The van der Waals surface area contributed by atoms with E-state index in [4.69, 9.17) is 4.74 Å². The first-order chi connectivity index (χ1) is 19.5. The third-order valence-electron chi connectivity index (χ3n) is 6.21. The zero-order valence-electron chi connectivity index (χ0n) is 25.1. The molecule has 1 atom stereocenters. The van der Waals surface area contributed by atoms with E-state index in [-0.39, 0.29) is 23.3 Å². The van der Waals surface area contributed by atoms with E-state index < -0.39 is 5.60 Å². The Morgan fingerprint density at radius 3 is 2.39 bits per heavy atom. The second-order valence-electron chi connectivity index (χ2n) is 10.6. The molecule has 0 fully saturated rings. The number of aldehydes is 1. The monoisotopic (exact) mass is 561 g/mol. The Morgan fingerprint density at radius 1 is 1.15 bits per heavy atom. The number of imidazole rings is 1. The molecule has 9 nitrogen and oxygen atoms in total. The van der Waals surface area contributed by atoms with Gasteiger partial charge < -0.3 is 25.5 Å². The molecule has 2 heterocycles. The van der Waals surface area contributed by atoms with Gasteiger partial charge in [-0.1, -0.05) is 42.8 Å². The normalized spacial score (nSPS) is 11.4. The molecule has 1 amide bonds. The van der Waals surface area contributed by atoms with Crippen LogP contribution in [0.2, 0.25) is 0 Å². The van der Waals surface area contributed by atoms with E-state index in [0.29, 0.717) is 29.9 Å². The molecule has 0 aliphatic heterocycles. The number of rotatable bonds is 7. The molecule has 0 radical (unpaired) electrons. The van der Waals surface area contributed by atoms with Crippen LogP contribution < -0.4 is 5.73 Å². The highest BCUT2D eigenvalue weighted by molar-refractivity contribution is 5.83. The largest absolute Gasteiger partial charge is 0.507 e. The number of nitrogens with zero attached hydrogens (tertiary/aromatic N) is 3. The molecule has 4 N–H and O–H groups in total. The highest BCUT2D eigenvalue weighted by atomic mass is 16.6. The number of hydrogen-bond acceptors (Lipinski definition) is 7. The third kappa shape index (κ3) is 10.0. The number of phenols is 1. The summed E-state index contributed by atoms with van der Waals surface area (Å²) in [5.74, 6) is 0.728. The van der Waals surface area contributed by atoms with Crippen molar-refractivity contribution in [3.63, 3.8) is 0 Å². The maximum absolute atomic E-state index is 12.2. The lowest BCUT2D eigenvalue weighted by Gasteiger charge is -2.26. The average Bonchev–Trinajstić information content (AvgIpc) is 3.38. The number of amides is 1. The summed E-state index contributed by atoms with van der Waals surface area (Å²) in [4.78, 5) is 37.2. The minimum absolute atomic E-state index is 0.0672. The zero-order valence-corrected chi connectivity index (χ0v) is 25.1. The minimum Gasteiger partial charge on any atom is -0.507 e. The SMILES string of the molecule is CCC(CCN(C)C(=O)OC(C)(C)C)c1cnc2nc(-c3ccc(O)c(C=O)c3)[nH]c2c1.CN.Cc1ccccc1. The van der Waals surface area contributed by atoms with Crippen LogP contribution in [0.5, 0.6) is 5.75 Å². The number of carbonyl (C=O) groups is 2. The van der Waals surface area contributed by atoms with E-state index in [1.54, 1.807) is 24.1 Å². The van der Waals surface area contributed by atoms with Crippen molar-refractivity contribution < 1.29 is 19.4 Å². The quantitative estimate of drug-likeness (QED) is 0.220. The summed E-state index contributed by atoms with van der Waals surface area (Å²) in [7, 11) is 3.24. The fraction of sp³-hybridized carbons (Fsp3) is 0.375. The van der Waals surface area contributed by atoms with Crippen LogP contribution in [0.1, 0.15) is 67.9 Å². The van der Waals surface area contributed by atoms with Gasteiger partial charge in [0.2, 0.25) is 0 Å². The lowest BCUT2D eigenvalue weighted by Crippen LogP contribution is -2.35. The van der Waals surface area contributed by atoms with Crippen molar-refractivity contribution in [1.82, 2.24) is 19.9 Å². The van der Waals surface area contributed by atoms with Crippen LogP contribution in [-0.2, 0) is 4.74 Å². The number of carbonyl (C=O) groups excluding carboxylic acids is 2. The minimum atomic E-state index is -0.521. The van der Waals surface area contributed by atoms with Gasteiger partial charge in [-0.15, -0.1) is 0 Å². The van der Waals surface area contributed by atoms with Crippen LogP contribution in [0.25, 0.3) is 22.6 Å². The first-order valence-electron chi connectivity index (χ1n) is 13.7. The Morgan fingerprint density at radius 2 is 1.83 bits per heavy atom. The van der Waals surface area contributed by atoms with Crippen LogP contribution in [0.3, 0.4) is 0 Å². The number of aromatic nitrogens is 3. The Labute approximate surface area is 242 Å². The number of pyridine rings is 1. The number of aromatic hydroxyl groups is 1. The van der Waals surface area contributed by atoms with Crippen molar-refractivity contribution in [2.24, 2.45) is 5.73 Å². The van der Waals surface area contributed by atoms with E-state index in [0.717, 1.165) is 23.9 Å². The molecule has 2 aromatic heterocycles. The second kappa shape index (κ2) is 15.5. The van der Waals surface area contributed by atoms with Crippen molar-refractivity contribution in [2.45, 2.75) is 59.0 Å². The molecule has 0 spiro atoms. The van der Waals surface area contributed by atoms with Gasteiger partial charge in [0.05, 0.1) is 11.1 Å². The van der Waals surface area contributed by atoms with Crippen molar-refractivity contribution in [2.75, 3.05) is 20.6 Å². The number of nitrogens with two attached hydrogens (primary N) is 1. The maximum atomic E-state index is 12.2. The maximum Gasteiger partial charge on any atom is 0.410 e. The van der Waals surface area contributed by atoms with Crippen LogP contribution in [-0.4, -0.2) is 63.6 Å². The average molecular weight is 562 g/mol. The van der Waals surface area contributed by atoms with Crippen LogP contribution in [0.15, 0.2) is 60.8 Å².